The lowest BCUT2D eigenvalue weighted by Gasteiger charge is -2.40. The van der Waals surface area contributed by atoms with E-state index in [1.807, 2.05) is 4.90 Å². The van der Waals surface area contributed by atoms with Gasteiger partial charge in [-0.2, -0.15) is 0 Å². The molecule has 3 heteroatoms. The molecule has 0 radical (unpaired) electrons. The second kappa shape index (κ2) is 4.28. The minimum absolute atomic E-state index is 0.0441. The summed E-state index contributed by atoms with van der Waals surface area (Å²) < 4.78 is 6.16. The van der Waals surface area contributed by atoms with Gasteiger partial charge in [0.25, 0.3) is 0 Å². The average Bonchev–Trinajstić information content (AvgIpc) is 3.08. The Balaban J connectivity index is 1.62. The van der Waals surface area contributed by atoms with Crippen molar-refractivity contribution in [1.29, 1.82) is 0 Å². The van der Waals surface area contributed by atoms with Crippen molar-refractivity contribution in [2.75, 3.05) is 6.54 Å². The highest BCUT2D eigenvalue weighted by Crippen LogP contribution is 2.39. The van der Waals surface area contributed by atoms with Gasteiger partial charge in [-0.25, -0.2) is 0 Å². The molecule has 3 nitrogen and oxygen atoms in total. The Kier molecular flexibility index (Phi) is 2.86. The number of hydrogen-bond acceptors (Lipinski definition) is 2. The van der Waals surface area contributed by atoms with Crippen molar-refractivity contribution in [2.45, 2.75) is 63.2 Å². The van der Waals surface area contributed by atoms with E-state index in [-0.39, 0.29) is 29.6 Å². The zero-order valence-corrected chi connectivity index (χ0v) is 11.0. The summed E-state index contributed by atoms with van der Waals surface area (Å²) in [5.41, 5.74) is 0.0441. The number of carbonyl (C=O) groups is 1. The van der Waals surface area contributed by atoms with E-state index in [0.29, 0.717) is 6.54 Å². The maximum absolute atomic E-state index is 12.1. The van der Waals surface area contributed by atoms with Crippen LogP contribution in [0, 0.1) is 18.3 Å². The Labute approximate surface area is 109 Å². The molecule has 3 fully saturated rings. The lowest BCUT2D eigenvalue weighted by Crippen LogP contribution is -2.41. The smallest absolute Gasteiger partial charge is 0.226 e. The summed E-state index contributed by atoms with van der Waals surface area (Å²) in [7, 11) is 0. The topological polar surface area (TPSA) is 29.5 Å². The molecular formula is C15H21NO2. The van der Waals surface area contributed by atoms with Crippen LogP contribution in [0.2, 0.25) is 0 Å². The van der Waals surface area contributed by atoms with Crippen molar-refractivity contribution in [3.63, 3.8) is 0 Å². The molecule has 1 heterocycles. The number of nitrogens with zero attached hydrogens (tertiary/aromatic N) is 1. The monoisotopic (exact) mass is 247 g/mol. The van der Waals surface area contributed by atoms with Gasteiger partial charge >= 0.3 is 0 Å². The van der Waals surface area contributed by atoms with Gasteiger partial charge in [0.1, 0.15) is 0 Å². The summed E-state index contributed by atoms with van der Waals surface area (Å²) in [6.07, 6.45) is 12.1. The highest BCUT2D eigenvalue weighted by molar-refractivity contribution is 5.82. The van der Waals surface area contributed by atoms with Crippen LogP contribution in [0.4, 0.5) is 0 Å². The number of amides is 1. The van der Waals surface area contributed by atoms with Crippen LogP contribution in [0.5, 0.6) is 0 Å². The molecule has 2 saturated carbocycles. The Morgan fingerprint density at radius 3 is 2.67 bits per heavy atom. The molecule has 3 rings (SSSR count). The molecule has 0 aromatic rings. The van der Waals surface area contributed by atoms with Gasteiger partial charge in [0.05, 0.1) is 17.7 Å². The minimum Gasteiger partial charge on any atom is -0.370 e. The van der Waals surface area contributed by atoms with Gasteiger partial charge in [-0.1, -0.05) is 5.92 Å². The molecule has 0 spiro atoms. The molecule has 98 valence electrons. The van der Waals surface area contributed by atoms with Crippen LogP contribution in [-0.4, -0.2) is 35.1 Å². The largest absolute Gasteiger partial charge is 0.370 e. The van der Waals surface area contributed by atoms with E-state index in [4.69, 9.17) is 11.2 Å². The third-order valence-electron chi connectivity index (χ3n) is 4.53. The SMILES string of the molecule is C#C[C@H]1C[C@H](OC2(C)CCC2)CN1C(=O)C1CC1. The molecule has 1 aliphatic heterocycles. The molecular weight excluding hydrogens is 226 g/mol. The molecule has 2 aliphatic carbocycles. The summed E-state index contributed by atoms with van der Waals surface area (Å²) in [4.78, 5) is 14.0. The third-order valence-corrected chi connectivity index (χ3v) is 4.53. The molecule has 3 aliphatic rings. The Bertz CT molecular complexity index is 390. The van der Waals surface area contributed by atoms with Crippen molar-refractivity contribution in [3.8, 4) is 12.3 Å². The summed E-state index contributed by atoms with van der Waals surface area (Å²) >= 11 is 0. The van der Waals surface area contributed by atoms with Gasteiger partial charge in [0.15, 0.2) is 0 Å². The van der Waals surface area contributed by atoms with Crippen LogP contribution in [0.15, 0.2) is 0 Å². The second-order valence-electron chi connectivity index (χ2n) is 6.23. The van der Waals surface area contributed by atoms with E-state index >= 15 is 0 Å². The van der Waals surface area contributed by atoms with Crippen molar-refractivity contribution in [2.24, 2.45) is 5.92 Å². The van der Waals surface area contributed by atoms with Crippen LogP contribution >= 0.6 is 0 Å². The van der Waals surface area contributed by atoms with E-state index in [0.717, 1.165) is 32.1 Å². The third kappa shape index (κ3) is 2.14. The van der Waals surface area contributed by atoms with Crippen LogP contribution in [0.25, 0.3) is 0 Å². The van der Waals surface area contributed by atoms with Crippen LogP contribution in [0.1, 0.15) is 45.4 Å². The first-order valence-corrected chi connectivity index (χ1v) is 7.06. The first-order chi connectivity index (χ1) is 8.61. The Hall–Kier alpha value is -1.01. The minimum atomic E-state index is -0.0493. The summed E-state index contributed by atoms with van der Waals surface area (Å²) in [5, 5.41) is 0. The Morgan fingerprint density at radius 1 is 1.44 bits per heavy atom. The fourth-order valence-electron chi connectivity index (χ4n) is 3.04. The van der Waals surface area contributed by atoms with E-state index in [1.54, 1.807) is 0 Å². The lowest BCUT2D eigenvalue weighted by molar-refractivity contribution is -0.137. The summed E-state index contributed by atoms with van der Waals surface area (Å²) in [6.45, 7) is 2.87. The predicted octanol–water partition coefficient (Wildman–Crippen LogP) is 1.96. The van der Waals surface area contributed by atoms with Crippen LogP contribution in [-0.2, 0) is 9.53 Å². The molecule has 0 aromatic carbocycles. The molecule has 18 heavy (non-hydrogen) atoms. The highest BCUT2D eigenvalue weighted by atomic mass is 16.5. The molecule has 0 aromatic heterocycles. The molecule has 2 atom stereocenters. The number of carbonyl (C=O) groups excluding carboxylic acids is 1. The van der Waals surface area contributed by atoms with Crippen molar-refractivity contribution in [1.82, 2.24) is 4.90 Å². The quantitative estimate of drug-likeness (QED) is 0.713. The molecule has 0 N–H and O–H groups in total. The molecule has 0 unspecified atom stereocenters. The van der Waals surface area contributed by atoms with Crippen molar-refractivity contribution < 1.29 is 9.53 Å². The first-order valence-electron chi connectivity index (χ1n) is 7.06. The molecule has 1 saturated heterocycles. The van der Waals surface area contributed by atoms with Gasteiger partial charge in [0, 0.05) is 18.9 Å². The van der Waals surface area contributed by atoms with E-state index in [1.165, 1.54) is 6.42 Å². The zero-order chi connectivity index (χ0) is 12.8. The highest BCUT2D eigenvalue weighted by Gasteiger charge is 2.44. The van der Waals surface area contributed by atoms with E-state index in [9.17, 15) is 4.79 Å². The van der Waals surface area contributed by atoms with Gasteiger partial charge < -0.3 is 9.64 Å². The number of hydrogen-bond donors (Lipinski definition) is 0. The van der Waals surface area contributed by atoms with Gasteiger partial charge in [-0.3, -0.25) is 4.79 Å². The van der Waals surface area contributed by atoms with E-state index < -0.39 is 0 Å². The van der Waals surface area contributed by atoms with Crippen LogP contribution in [0.3, 0.4) is 0 Å². The maximum Gasteiger partial charge on any atom is 0.226 e. The standard InChI is InChI=1S/C15H21NO2/c1-3-12-9-13(18-15(2)7-4-8-15)10-16(12)14(17)11-5-6-11/h1,11-13H,4-10H2,2H3/t12-,13-/m0/s1. The number of ether oxygens (including phenoxy) is 1. The average molecular weight is 247 g/mol. The fourth-order valence-corrected chi connectivity index (χ4v) is 3.04. The maximum atomic E-state index is 12.1. The van der Waals surface area contributed by atoms with Crippen molar-refractivity contribution >= 4 is 5.91 Å². The summed E-state index contributed by atoms with van der Waals surface area (Å²) in [6, 6.07) is -0.0493. The number of rotatable bonds is 3. The molecule has 1 amide bonds. The number of likely N-dealkylation sites (tertiary alicyclic amines) is 1. The number of terminal acetylenes is 1. The predicted molar refractivity (Wildman–Crippen MR) is 68.8 cm³/mol. The first kappa shape index (κ1) is 12.0. The van der Waals surface area contributed by atoms with Gasteiger partial charge in [-0.05, 0) is 39.0 Å². The normalized spacial score (nSPS) is 33.9. The van der Waals surface area contributed by atoms with Gasteiger partial charge in [0.2, 0.25) is 5.91 Å². The Morgan fingerprint density at radius 2 is 2.17 bits per heavy atom. The van der Waals surface area contributed by atoms with Crippen LogP contribution < -0.4 is 0 Å². The molecule has 0 bridgehead atoms. The lowest BCUT2D eigenvalue weighted by atomic mass is 9.81. The summed E-state index contributed by atoms with van der Waals surface area (Å²) in [5.74, 6) is 3.26. The van der Waals surface area contributed by atoms with Gasteiger partial charge in [-0.15, -0.1) is 6.42 Å². The zero-order valence-electron chi connectivity index (χ0n) is 11.0. The van der Waals surface area contributed by atoms with Crippen molar-refractivity contribution in [3.05, 3.63) is 0 Å². The van der Waals surface area contributed by atoms with E-state index in [2.05, 4.69) is 12.8 Å². The second-order valence-corrected chi connectivity index (χ2v) is 6.23. The fraction of sp³-hybridized carbons (Fsp3) is 0.800.